The third-order valence-corrected chi connectivity index (χ3v) is 3.71. The van der Waals surface area contributed by atoms with E-state index in [0.29, 0.717) is 17.1 Å². The van der Waals surface area contributed by atoms with Gasteiger partial charge in [0, 0.05) is 43.3 Å². The molecule has 0 atom stereocenters. The van der Waals surface area contributed by atoms with E-state index in [1.54, 1.807) is 12.1 Å². The van der Waals surface area contributed by atoms with Gasteiger partial charge in [0.25, 0.3) is 0 Å². The van der Waals surface area contributed by atoms with Gasteiger partial charge in [-0.2, -0.15) is 0 Å². The molecule has 17 heavy (non-hydrogen) atoms. The van der Waals surface area contributed by atoms with Gasteiger partial charge in [-0.25, -0.2) is 4.39 Å². The number of piperazine rings is 1. The Kier molecular flexibility index (Phi) is 4.37. The third kappa shape index (κ3) is 3.18. The normalized spacial score (nSPS) is 18.5. The van der Waals surface area contributed by atoms with E-state index in [4.69, 9.17) is 11.6 Å². The second kappa shape index (κ2) is 5.80. The van der Waals surface area contributed by atoms with Gasteiger partial charge < -0.3 is 4.90 Å². The van der Waals surface area contributed by atoms with Crippen LogP contribution in [0.5, 0.6) is 0 Å². The molecule has 1 fully saturated rings. The first-order chi connectivity index (χ1) is 8.20. The Hall–Kier alpha value is -0.640. The van der Waals surface area contributed by atoms with E-state index >= 15 is 0 Å². The Labute approximate surface area is 107 Å². The van der Waals surface area contributed by atoms with Crippen LogP contribution in [0.3, 0.4) is 0 Å². The Morgan fingerprint density at radius 3 is 2.41 bits per heavy atom. The zero-order valence-electron chi connectivity index (χ0n) is 10.1. The molecule has 1 aromatic rings. The number of rotatable bonds is 3. The predicted octanol–water partition coefficient (Wildman–Crippen LogP) is 2.62. The van der Waals surface area contributed by atoms with Crippen LogP contribution in [0.1, 0.15) is 12.5 Å². The first-order valence-electron chi connectivity index (χ1n) is 6.08. The second-order valence-corrected chi connectivity index (χ2v) is 4.82. The number of halogens is 2. The minimum absolute atomic E-state index is 0.199. The summed E-state index contributed by atoms with van der Waals surface area (Å²) in [6.07, 6.45) is 0. The molecule has 2 nitrogen and oxygen atoms in total. The van der Waals surface area contributed by atoms with Crippen molar-refractivity contribution in [3.05, 3.63) is 34.6 Å². The summed E-state index contributed by atoms with van der Waals surface area (Å²) in [4.78, 5) is 4.66. The smallest absolute Gasteiger partial charge is 0.129 e. The second-order valence-electron chi connectivity index (χ2n) is 4.41. The number of hydrogen-bond acceptors (Lipinski definition) is 2. The molecule has 0 aliphatic carbocycles. The average Bonchev–Trinajstić information content (AvgIpc) is 2.35. The molecule has 1 aromatic carbocycles. The molecular weight excluding hydrogens is 239 g/mol. The molecule has 0 spiro atoms. The van der Waals surface area contributed by atoms with Crippen LogP contribution >= 0.6 is 11.6 Å². The number of likely N-dealkylation sites (N-methyl/N-ethyl adjacent to an activating group) is 1. The Bertz CT molecular complexity index is 355. The lowest BCUT2D eigenvalue weighted by molar-refractivity contribution is 0.131. The van der Waals surface area contributed by atoms with E-state index in [1.165, 1.54) is 6.07 Å². The van der Waals surface area contributed by atoms with E-state index < -0.39 is 0 Å². The maximum absolute atomic E-state index is 13.6. The predicted molar refractivity (Wildman–Crippen MR) is 68.8 cm³/mol. The Morgan fingerprint density at radius 1 is 1.18 bits per heavy atom. The molecule has 2 rings (SSSR count). The number of benzene rings is 1. The SMILES string of the molecule is CCN1CCN(Cc2c(F)cccc2Cl)CC1. The van der Waals surface area contributed by atoms with Crippen molar-refractivity contribution in [1.82, 2.24) is 9.80 Å². The summed E-state index contributed by atoms with van der Waals surface area (Å²) in [5.74, 6) is -0.199. The number of hydrogen-bond donors (Lipinski definition) is 0. The molecule has 0 bridgehead atoms. The molecule has 0 aromatic heterocycles. The van der Waals surface area contributed by atoms with Crippen molar-refractivity contribution in [3.8, 4) is 0 Å². The summed E-state index contributed by atoms with van der Waals surface area (Å²) in [5.41, 5.74) is 0.624. The lowest BCUT2D eigenvalue weighted by Gasteiger charge is -2.34. The van der Waals surface area contributed by atoms with Crippen LogP contribution in [-0.2, 0) is 6.54 Å². The molecule has 4 heteroatoms. The molecule has 0 saturated carbocycles. The van der Waals surface area contributed by atoms with Crippen LogP contribution in [0.15, 0.2) is 18.2 Å². The molecule has 1 aliphatic heterocycles. The molecule has 94 valence electrons. The lowest BCUT2D eigenvalue weighted by Crippen LogP contribution is -2.45. The highest BCUT2D eigenvalue weighted by Gasteiger charge is 2.17. The Balaban J connectivity index is 1.98. The topological polar surface area (TPSA) is 6.48 Å². The minimum Gasteiger partial charge on any atom is -0.301 e. The fraction of sp³-hybridized carbons (Fsp3) is 0.538. The van der Waals surface area contributed by atoms with E-state index in [1.807, 2.05) is 0 Å². The van der Waals surface area contributed by atoms with Crippen molar-refractivity contribution in [3.63, 3.8) is 0 Å². The fourth-order valence-corrected chi connectivity index (χ4v) is 2.39. The summed E-state index contributed by atoms with van der Waals surface area (Å²) in [6.45, 7) is 7.96. The van der Waals surface area contributed by atoms with Gasteiger partial charge in [-0.05, 0) is 18.7 Å². The van der Waals surface area contributed by atoms with E-state index in [-0.39, 0.29) is 5.82 Å². The van der Waals surface area contributed by atoms with Gasteiger partial charge in [-0.15, -0.1) is 0 Å². The van der Waals surface area contributed by atoms with Crippen molar-refractivity contribution in [2.24, 2.45) is 0 Å². The minimum atomic E-state index is -0.199. The van der Waals surface area contributed by atoms with Crippen molar-refractivity contribution >= 4 is 11.6 Å². The van der Waals surface area contributed by atoms with Gasteiger partial charge in [0.2, 0.25) is 0 Å². The van der Waals surface area contributed by atoms with Crippen LogP contribution in [0.25, 0.3) is 0 Å². The standard InChI is InChI=1S/C13H18ClFN2/c1-2-16-6-8-17(9-7-16)10-11-12(14)4-3-5-13(11)15/h3-5H,2,6-10H2,1H3. The van der Waals surface area contributed by atoms with Crippen LogP contribution in [0, 0.1) is 5.82 Å². The largest absolute Gasteiger partial charge is 0.301 e. The summed E-state index contributed by atoms with van der Waals surface area (Å²) in [7, 11) is 0. The zero-order chi connectivity index (χ0) is 12.3. The molecular formula is C13H18ClFN2. The van der Waals surface area contributed by atoms with Crippen molar-refractivity contribution in [2.75, 3.05) is 32.7 Å². The fourth-order valence-electron chi connectivity index (χ4n) is 2.17. The van der Waals surface area contributed by atoms with Crippen LogP contribution < -0.4 is 0 Å². The van der Waals surface area contributed by atoms with E-state index in [2.05, 4.69) is 16.7 Å². The van der Waals surface area contributed by atoms with Crippen LogP contribution in [0.4, 0.5) is 4.39 Å². The highest BCUT2D eigenvalue weighted by atomic mass is 35.5. The average molecular weight is 257 g/mol. The quantitative estimate of drug-likeness (QED) is 0.820. The van der Waals surface area contributed by atoms with Crippen molar-refractivity contribution in [2.45, 2.75) is 13.5 Å². The van der Waals surface area contributed by atoms with Gasteiger partial charge in [0.1, 0.15) is 5.82 Å². The Morgan fingerprint density at radius 2 is 1.82 bits per heavy atom. The molecule has 0 radical (unpaired) electrons. The van der Waals surface area contributed by atoms with Gasteiger partial charge in [-0.3, -0.25) is 4.90 Å². The van der Waals surface area contributed by atoms with Crippen LogP contribution in [-0.4, -0.2) is 42.5 Å². The molecule has 0 unspecified atom stereocenters. The van der Waals surface area contributed by atoms with Gasteiger partial charge in [0.05, 0.1) is 0 Å². The molecule has 1 saturated heterocycles. The molecule has 1 heterocycles. The van der Waals surface area contributed by atoms with Crippen molar-refractivity contribution < 1.29 is 4.39 Å². The summed E-state index contributed by atoms with van der Waals surface area (Å²) < 4.78 is 13.6. The lowest BCUT2D eigenvalue weighted by atomic mass is 10.2. The van der Waals surface area contributed by atoms with Gasteiger partial charge in [-0.1, -0.05) is 24.6 Å². The molecule has 0 N–H and O–H groups in total. The third-order valence-electron chi connectivity index (χ3n) is 3.36. The van der Waals surface area contributed by atoms with Crippen molar-refractivity contribution in [1.29, 1.82) is 0 Å². The highest BCUT2D eigenvalue weighted by Crippen LogP contribution is 2.21. The molecule has 0 amide bonds. The number of nitrogens with zero attached hydrogens (tertiary/aromatic N) is 2. The van der Waals surface area contributed by atoms with Gasteiger partial charge >= 0.3 is 0 Å². The summed E-state index contributed by atoms with van der Waals surface area (Å²) >= 11 is 6.03. The zero-order valence-corrected chi connectivity index (χ0v) is 10.9. The van der Waals surface area contributed by atoms with E-state index in [0.717, 1.165) is 32.7 Å². The first-order valence-corrected chi connectivity index (χ1v) is 6.46. The first kappa shape index (κ1) is 12.8. The monoisotopic (exact) mass is 256 g/mol. The highest BCUT2D eigenvalue weighted by molar-refractivity contribution is 6.31. The summed E-state index contributed by atoms with van der Waals surface area (Å²) in [6, 6.07) is 4.88. The molecule has 1 aliphatic rings. The van der Waals surface area contributed by atoms with Gasteiger partial charge in [0.15, 0.2) is 0 Å². The summed E-state index contributed by atoms with van der Waals surface area (Å²) in [5, 5.41) is 0.530. The van der Waals surface area contributed by atoms with E-state index in [9.17, 15) is 4.39 Å². The maximum atomic E-state index is 13.6. The van der Waals surface area contributed by atoms with Crippen LogP contribution in [0.2, 0.25) is 5.02 Å². The maximum Gasteiger partial charge on any atom is 0.129 e.